The summed E-state index contributed by atoms with van der Waals surface area (Å²) in [7, 11) is 0. The minimum absolute atomic E-state index is 0.0410. The molecular formula is C26H36N4O4. The number of aromatic hydroxyl groups is 1. The van der Waals surface area contributed by atoms with Gasteiger partial charge in [0.1, 0.15) is 5.82 Å². The van der Waals surface area contributed by atoms with Gasteiger partial charge in [-0.25, -0.2) is 4.98 Å². The van der Waals surface area contributed by atoms with Crippen LogP contribution in [0.5, 0.6) is 11.6 Å². The zero-order chi connectivity index (χ0) is 24.0. The topological polar surface area (TPSA) is 109 Å². The van der Waals surface area contributed by atoms with Crippen LogP contribution >= 0.6 is 0 Å². The average Bonchev–Trinajstić information content (AvgIpc) is 3.54. The van der Waals surface area contributed by atoms with Crippen LogP contribution in [0.2, 0.25) is 0 Å². The number of pyridine rings is 1. The quantitative estimate of drug-likeness (QED) is 0.458. The summed E-state index contributed by atoms with van der Waals surface area (Å²) in [6.45, 7) is 3.09. The van der Waals surface area contributed by atoms with E-state index >= 15 is 0 Å². The Hall–Kier alpha value is -2.74. The fourth-order valence-corrected chi connectivity index (χ4v) is 4.87. The number of aromatic nitrogens is 3. The van der Waals surface area contributed by atoms with Gasteiger partial charge in [0.15, 0.2) is 5.69 Å². The number of carbonyl (C=O) groups excluding carboxylic acids is 1. The molecule has 8 nitrogen and oxygen atoms in total. The Bertz CT molecular complexity index is 959. The molecule has 0 aliphatic heterocycles. The molecule has 0 unspecified atom stereocenters. The van der Waals surface area contributed by atoms with E-state index in [1.165, 1.54) is 0 Å². The Balaban J connectivity index is 1.68. The van der Waals surface area contributed by atoms with Crippen LogP contribution in [0, 0.1) is 5.92 Å². The molecule has 0 aromatic carbocycles. The highest BCUT2D eigenvalue weighted by Gasteiger charge is 2.39. The van der Waals surface area contributed by atoms with Crippen LogP contribution in [-0.4, -0.2) is 62.3 Å². The zero-order valence-electron chi connectivity index (χ0n) is 20.1. The molecule has 2 N–H and O–H groups in total. The van der Waals surface area contributed by atoms with Crippen molar-refractivity contribution in [3.63, 3.8) is 0 Å². The molecule has 0 radical (unpaired) electrons. The number of carbonyl (C=O) groups is 1. The first kappa shape index (κ1) is 24.4. The Morgan fingerprint density at radius 3 is 2.68 bits per heavy atom. The number of unbranched alkanes of at least 4 members (excludes halogenated alkanes) is 1. The highest BCUT2D eigenvalue weighted by Crippen LogP contribution is 2.43. The van der Waals surface area contributed by atoms with Crippen molar-refractivity contribution in [3.8, 4) is 11.6 Å². The molecule has 184 valence electrons. The third kappa shape index (κ3) is 5.66. The van der Waals surface area contributed by atoms with Gasteiger partial charge < -0.3 is 19.8 Å². The maximum Gasteiger partial charge on any atom is 0.276 e. The van der Waals surface area contributed by atoms with Crippen LogP contribution in [0.4, 0.5) is 0 Å². The third-order valence-corrected chi connectivity index (χ3v) is 6.94. The summed E-state index contributed by atoms with van der Waals surface area (Å²) in [5.74, 6) is 0.297. The summed E-state index contributed by atoms with van der Waals surface area (Å²) in [5.41, 5.74) is 0.876. The molecule has 8 heteroatoms. The van der Waals surface area contributed by atoms with E-state index in [-0.39, 0.29) is 41.8 Å². The highest BCUT2D eigenvalue weighted by molar-refractivity contribution is 5.95. The van der Waals surface area contributed by atoms with Crippen molar-refractivity contribution in [3.05, 3.63) is 41.6 Å². The van der Waals surface area contributed by atoms with Crippen molar-refractivity contribution in [2.24, 2.45) is 5.92 Å². The van der Waals surface area contributed by atoms with E-state index < -0.39 is 0 Å². The summed E-state index contributed by atoms with van der Waals surface area (Å²) < 4.78 is 5.82. The Kier molecular flexibility index (Phi) is 7.98. The van der Waals surface area contributed by atoms with Gasteiger partial charge in [0.05, 0.1) is 13.2 Å². The van der Waals surface area contributed by atoms with Gasteiger partial charge in [-0.05, 0) is 50.2 Å². The summed E-state index contributed by atoms with van der Waals surface area (Å²) >= 11 is 0. The van der Waals surface area contributed by atoms with E-state index in [0.29, 0.717) is 31.3 Å². The predicted octanol–water partition coefficient (Wildman–Crippen LogP) is 3.66. The van der Waals surface area contributed by atoms with Gasteiger partial charge in [0, 0.05) is 36.8 Å². The molecule has 2 saturated carbocycles. The van der Waals surface area contributed by atoms with Crippen molar-refractivity contribution in [2.45, 2.75) is 70.1 Å². The van der Waals surface area contributed by atoms with Crippen molar-refractivity contribution in [2.75, 3.05) is 26.3 Å². The SMILES string of the molecule is CCCCOc1c(O)nc(CC2(c3ccccn3)CCCC2)nc1C(=O)N(CCO)CC1CC1. The van der Waals surface area contributed by atoms with Gasteiger partial charge in [-0.15, -0.1) is 0 Å². The minimum Gasteiger partial charge on any atom is -0.491 e. The normalized spacial score (nSPS) is 17.0. The monoisotopic (exact) mass is 468 g/mol. The number of nitrogens with zero attached hydrogens (tertiary/aromatic N) is 4. The van der Waals surface area contributed by atoms with Gasteiger partial charge in [0.2, 0.25) is 5.75 Å². The zero-order valence-corrected chi connectivity index (χ0v) is 20.1. The van der Waals surface area contributed by atoms with Crippen LogP contribution in [0.25, 0.3) is 0 Å². The van der Waals surface area contributed by atoms with Crippen LogP contribution in [-0.2, 0) is 11.8 Å². The van der Waals surface area contributed by atoms with Crippen LogP contribution < -0.4 is 4.74 Å². The molecule has 2 aromatic heterocycles. The largest absolute Gasteiger partial charge is 0.491 e. The predicted molar refractivity (Wildman–Crippen MR) is 128 cm³/mol. The summed E-state index contributed by atoms with van der Waals surface area (Å²) in [4.78, 5) is 28.9. The van der Waals surface area contributed by atoms with Crippen LogP contribution in [0.15, 0.2) is 24.4 Å². The Morgan fingerprint density at radius 1 is 1.24 bits per heavy atom. The first-order valence-electron chi connectivity index (χ1n) is 12.6. The summed E-state index contributed by atoms with van der Waals surface area (Å²) in [6.07, 6.45) is 10.3. The molecule has 2 aromatic rings. The molecule has 0 spiro atoms. The van der Waals surface area contributed by atoms with E-state index in [9.17, 15) is 15.0 Å². The lowest BCUT2D eigenvalue weighted by Gasteiger charge is -2.28. The second kappa shape index (κ2) is 11.1. The number of rotatable bonds is 12. The summed E-state index contributed by atoms with van der Waals surface area (Å²) in [6, 6.07) is 5.94. The first-order chi connectivity index (χ1) is 16.6. The molecule has 34 heavy (non-hydrogen) atoms. The lowest BCUT2D eigenvalue weighted by Crippen LogP contribution is -2.36. The van der Waals surface area contributed by atoms with E-state index in [1.807, 2.05) is 25.1 Å². The molecule has 4 rings (SSSR count). The fourth-order valence-electron chi connectivity index (χ4n) is 4.87. The Labute approximate surface area is 201 Å². The van der Waals surface area contributed by atoms with Crippen LogP contribution in [0.3, 0.4) is 0 Å². The van der Waals surface area contributed by atoms with Gasteiger partial charge in [-0.3, -0.25) is 9.78 Å². The third-order valence-electron chi connectivity index (χ3n) is 6.94. The van der Waals surface area contributed by atoms with E-state index in [1.54, 1.807) is 11.1 Å². The summed E-state index contributed by atoms with van der Waals surface area (Å²) in [5, 5.41) is 20.4. The molecule has 2 aliphatic rings. The van der Waals surface area contributed by atoms with Crippen molar-refractivity contribution in [1.82, 2.24) is 19.9 Å². The van der Waals surface area contributed by atoms with Gasteiger partial charge in [-0.2, -0.15) is 4.98 Å². The number of aliphatic hydroxyl groups excluding tert-OH is 1. The van der Waals surface area contributed by atoms with Gasteiger partial charge in [-0.1, -0.05) is 32.3 Å². The first-order valence-corrected chi connectivity index (χ1v) is 12.6. The van der Waals surface area contributed by atoms with Gasteiger partial charge >= 0.3 is 0 Å². The molecule has 2 fully saturated rings. The number of hydrogen-bond acceptors (Lipinski definition) is 7. The fraction of sp³-hybridized carbons (Fsp3) is 0.615. The second-order valence-corrected chi connectivity index (χ2v) is 9.64. The minimum atomic E-state index is -0.329. The molecule has 0 bridgehead atoms. The lowest BCUT2D eigenvalue weighted by atomic mass is 9.79. The number of hydrogen-bond donors (Lipinski definition) is 2. The molecule has 0 atom stereocenters. The van der Waals surface area contributed by atoms with E-state index in [2.05, 4.69) is 15.0 Å². The van der Waals surface area contributed by atoms with Crippen molar-refractivity contribution in [1.29, 1.82) is 0 Å². The lowest BCUT2D eigenvalue weighted by molar-refractivity contribution is 0.0700. The molecule has 2 aliphatic carbocycles. The van der Waals surface area contributed by atoms with E-state index in [4.69, 9.17) is 4.74 Å². The molecule has 2 heterocycles. The molecule has 0 saturated heterocycles. The smallest absolute Gasteiger partial charge is 0.276 e. The standard InChI is InChI=1S/C26H36N4O4/c1-2-3-16-34-23-22(25(33)30(14-15-31)18-19-9-10-19)28-21(29-24(23)32)17-26(11-5-6-12-26)20-8-4-7-13-27-20/h4,7-8,13,19,31H,2-3,5-6,9-12,14-18H2,1H3,(H,28,29,32). The number of amides is 1. The van der Waals surface area contributed by atoms with Crippen molar-refractivity contribution < 1.29 is 19.7 Å². The average molecular weight is 469 g/mol. The molecule has 1 amide bonds. The van der Waals surface area contributed by atoms with Crippen molar-refractivity contribution >= 4 is 5.91 Å². The molecular weight excluding hydrogens is 432 g/mol. The maximum atomic E-state index is 13.6. The maximum absolute atomic E-state index is 13.6. The second-order valence-electron chi connectivity index (χ2n) is 9.64. The van der Waals surface area contributed by atoms with E-state index in [0.717, 1.165) is 57.1 Å². The number of ether oxygens (including phenoxy) is 1. The van der Waals surface area contributed by atoms with Gasteiger partial charge in [0.25, 0.3) is 11.8 Å². The Morgan fingerprint density at radius 2 is 2.03 bits per heavy atom. The van der Waals surface area contributed by atoms with Crippen LogP contribution in [0.1, 0.15) is 80.3 Å². The number of aliphatic hydroxyl groups is 1. The highest BCUT2D eigenvalue weighted by atomic mass is 16.5.